The average Bonchev–Trinajstić information content (AvgIpc) is 2.49. The van der Waals surface area contributed by atoms with Gasteiger partial charge < -0.3 is 0 Å². The Hall–Kier alpha value is -2.08. The summed E-state index contributed by atoms with van der Waals surface area (Å²) < 4.78 is 0. The van der Waals surface area contributed by atoms with E-state index in [1.807, 2.05) is 0 Å². The molecule has 0 aliphatic heterocycles. The van der Waals surface area contributed by atoms with Gasteiger partial charge in [0, 0.05) is 0 Å². The van der Waals surface area contributed by atoms with Crippen LogP contribution in [0.25, 0.3) is 16.7 Å². The average molecular weight is 246 g/mol. The van der Waals surface area contributed by atoms with Crippen molar-refractivity contribution in [3.8, 4) is 11.1 Å². The highest BCUT2D eigenvalue weighted by atomic mass is 14.1. The molecule has 0 N–H and O–H groups in total. The van der Waals surface area contributed by atoms with E-state index in [1.165, 1.54) is 34.2 Å². The first kappa shape index (κ1) is 12.0. The lowest BCUT2D eigenvalue weighted by molar-refractivity contribution is 1.04. The van der Waals surface area contributed by atoms with Crippen LogP contribution < -0.4 is 0 Å². The molecule has 0 heterocycles. The Morgan fingerprint density at radius 1 is 0.842 bits per heavy atom. The molecule has 1 aliphatic rings. The topological polar surface area (TPSA) is 0 Å². The molecule has 0 saturated heterocycles. The summed E-state index contributed by atoms with van der Waals surface area (Å²) in [6, 6.07) is 17.3. The van der Waals surface area contributed by atoms with Gasteiger partial charge in [-0.2, -0.15) is 0 Å². The molecule has 0 amide bonds. The van der Waals surface area contributed by atoms with Crippen molar-refractivity contribution in [3.63, 3.8) is 0 Å². The van der Waals surface area contributed by atoms with Gasteiger partial charge in [-0.3, -0.25) is 0 Å². The molecule has 0 saturated carbocycles. The van der Waals surface area contributed by atoms with Gasteiger partial charge in [0.15, 0.2) is 0 Å². The zero-order valence-electron chi connectivity index (χ0n) is 11.3. The summed E-state index contributed by atoms with van der Waals surface area (Å²) in [5, 5.41) is 0. The number of allylic oxidation sites excluding steroid dienone is 4. The van der Waals surface area contributed by atoms with Gasteiger partial charge in [0.1, 0.15) is 0 Å². The predicted molar refractivity (Wildman–Crippen MR) is 83.0 cm³/mol. The summed E-state index contributed by atoms with van der Waals surface area (Å²) in [5.74, 6) is 0. The SMILES string of the molecule is Cc1cc(-c2ccccc2)ccc1C1=CCCC=C1. The van der Waals surface area contributed by atoms with Gasteiger partial charge in [-0.15, -0.1) is 0 Å². The lowest BCUT2D eigenvalue weighted by Gasteiger charge is -2.12. The van der Waals surface area contributed by atoms with E-state index in [0.29, 0.717) is 0 Å². The summed E-state index contributed by atoms with van der Waals surface area (Å²) >= 11 is 0. The smallest absolute Gasteiger partial charge is 0.0158 e. The molecule has 2 aromatic carbocycles. The number of hydrogen-bond acceptors (Lipinski definition) is 0. The molecule has 0 heteroatoms. The Kier molecular flexibility index (Phi) is 3.33. The van der Waals surface area contributed by atoms with Crippen LogP contribution in [0.5, 0.6) is 0 Å². The van der Waals surface area contributed by atoms with E-state index >= 15 is 0 Å². The van der Waals surface area contributed by atoms with E-state index in [0.717, 1.165) is 6.42 Å². The van der Waals surface area contributed by atoms with Crippen LogP contribution in [0.2, 0.25) is 0 Å². The molecule has 0 fully saturated rings. The van der Waals surface area contributed by atoms with Crippen molar-refractivity contribution >= 4 is 5.57 Å². The van der Waals surface area contributed by atoms with E-state index in [1.54, 1.807) is 0 Å². The first-order valence-corrected chi connectivity index (χ1v) is 6.88. The minimum Gasteiger partial charge on any atom is -0.0836 e. The molecule has 0 unspecified atom stereocenters. The number of hydrogen-bond donors (Lipinski definition) is 0. The van der Waals surface area contributed by atoms with E-state index in [2.05, 4.69) is 73.7 Å². The molecule has 0 nitrogen and oxygen atoms in total. The monoisotopic (exact) mass is 246 g/mol. The van der Waals surface area contributed by atoms with Crippen molar-refractivity contribution in [2.75, 3.05) is 0 Å². The highest BCUT2D eigenvalue weighted by molar-refractivity contribution is 5.78. The number of benzene rings is 2. The molecule has 19 heavy (non-hydrogen) atoms. The Morgan fingerprint density at radius 2 is 1.68 bits per heavy atom. The summed E-state index contributed by atoms with van der Waals surface area (Å²) in [6.07, 6.45) is 9.18. The molecule has 1 aliphatic carbocycles. The van der Waals surface area contributed by atoms with Crippen LogP contribution in [-0.2, 0) is 0 Å². The van der Waals surface area contributed by atoms with Crippen LogP contribution in [0, 0.1) is 6.92 Å². The van der Waals surface area contributed by atoms with Crippen molar-refractivity contribution in [2.45, 2.75) is 19.8 Å². The Labute approximate surface area is 115 Å². The van der Waals surface area contributed by atoms with Crippen LogP contribution in [0.4, 0.5) is 0 Å². The lowest BCUT2D eigenvalue weighted by Crippen LogP contribution is -1.91. The maximum atomic E-state index is 2.34. The Balaban J connectivity index is 1.99. The molecule has 0 spiro atoms. The van der Waals surface area contributed by atoms with Crippen molar-refractivity contribution in [1.29, 1.82) is 0 Å². The third-order valence-corrected chi connectivity index (χ3v) is 3.64. The molecule has 2 aromatic rings. The molecule has 0 bridgehead atoms. The van der Waals surface area contributed by atoms with Crippen molar-refractivity contribution in [2.24, 2.45) is 0 Å². The van der Waals surface area contributed by atoms with Crippen LogP contribution in [0.3, 0.4) is 0 Å². The highest BCUT2D eigenvalue weighted by Crippen LogP contribution is 2.28. The Morgan fingerprint density at radius 3 is 2.37 bits per heavy atom. The van der Waals surface area contributed by atoms with Gasteiger partial charge in [-0.05, 0) is 47.6 Å². The molecule has 3 rings (SSSR count). The first-order valence-electron chi connectivity index (χ1n) is 6.88. The summed E-state index contributed by atoms with van der Waals surface area (Å²) in [7, 11) is 0. The van der Waals surface area contributed by atoms with Crippen molar-refractivity contribution in [1.82, 2.24) is 0 Å². The van der Waals surface area contributed by atoms with Crippen molar-refractivity contribution in [3.05, 3.63) is 77.9 Å². The molecular weight excluding hydrogens is 228 g/mol. The van der Waals surface area contributed by atoms with Gasteiger partial charge >= 0.3 is 0 Å². The Bertz CT molecular complexity index is 630. The van der Waals surface area contributed by atoms with Crippen LogP contribution >= 0.6 is 0 Å². The first-order chi connectivity index (χ1) is 9.34. The lowest BCUT2D eigenvalue weighted by atomic mass is 9.93. The summed E-state index contributed by atoms with van der Waals surface area (Å²) in [4.78, 5) is 0. The maximum Gasteiger partial charge on any atom is -0.0158 e. The summed E-state index contributed by atoms with van der Waals surface area (Å²) in [6.45, 7) is 2.20. The second-order valence-corrected chi connectivity index (χ2v) is 5.03. The minimum atomic E-state index is 1.16. The fourth-order valence-electron chi connectivity index (χ4n) is 2.61. The second kappa shape index (κ2) is 5.27. The second-order valence-electron chi connectivity index (χ2n) is 5.03. The fourth-order valence-corrected chi connectivity index (χ4v) is 2.61. The zero-order valence-corrected chi connectivity index (χ0v) is 11.3. The zero-order chi connectivity index (χ0) is 13.1. The normalized spacial score (nSPS) is 14.3. The van der Waals surface area contributed by atoms with Crippen LogP contribution in [0.15, 0.2) is 66.8 Å². The third kappa shape index (κ3) is 2.53. The van der Waals surface area contributed by atoms with Gasteiger partial charge in [-0.1, -0.05) is 66.8 Å². The van der Waals surface area contributed by atoms with E-state index < -0.39 is 0 Å². The van der Waals surface area contributed by atoms with Gasteiger partial charge in [0.25, 0.3) is 0 Å². The summed E-state index contributed by atoms with van der Waals surface area (Å²) in [5.41, 5.74) is 6.64. The predicted octanol–water partition coefficient (Wildman–Crippen LogP) is 5.40. The van der Waals surface area contributed by atoms with Crippen LogP contribution in [0.1, 0.15) is 24.0 Å². The fraction of sp³-hybridized carbons (Fsp3) is 0.158. The van der Waals surface area contributed by atoms with Crippen molar-refractivity contribution < 1.29 is 0 Å². The van der Waals surface area contributed by atoms with Gasteiger partial charge in [0.2, 0.25) is 0 Å². The maximum absolute atomic E-state index is 2.34. The molecule has 0 atom stereocenters. The minimum absolute atomic E-state index is 1.16. The highest BCUT2D eigenvalue weighted by Gasteiger charge is 2.06. The van der Waals surface area contributed by atoms with E-state index in [4.69, 9.17) is 0 Å². The third-order valence-electron chi connectivity index (χ3n) is 3.64. The molecular formula is C19H18. The molecule has 0 radical (unpaired) electrons. The van der Waals surface area contributed by atoms with E-state index in [-0.39, 0.29) is 0 Å². The van der Waals surface area contributed by atoms with E-state index in [9.17, 15) is 0 Å². The molecule has 0 aromatic heterocycles. The number of aryl methyl sites for hydroxylation is 1. The van der Waals surface area contributed by atoms with Gasteiger partial charge in [0.05, 0.1) is 0 Å². The van der Waals surface area contributed by atoms with Crippen LogP contribution in [-0.4, -0.2) is 0 Å². The standard InChI is InChI=1S/C19H18/c1-15-14-18(16-8-4-2-5-9-16)12-13-19(15)17-10-6-3-7-11-17/h2,4-6,8-14H,3,7H2,1H3. The van der Waals surface area contributed by atoms with Gasteiger partial charge in [-0.25, -0.2) is 0 Å². The molecule has 94 valence electrons. The largest absolute Gasteiger partial charge is 0.0836 e. The quantitative estimate of drug-likeness (QED) is 0.666. The number of rotatable bonds is 2.